The number of non-ortho nitro benzene ring substituents is 1. The SMILES string of the molecule is CCC1=C(C(=O)OC)C(c2cccc([N+](=O)[O-])c2)N2C(CC(=O)NCCOC)=CSC2=N1. The number of carbonyl (C=O) groups excluding carboxylic acids is 2. The number of thioether (sulfide) groups is 1. The second kappa shape index (κ2) is 10.4. The van der Waals surface area contributed by atoms with Crippen LogP contribution in [0.2, 0.25) is 0 Å². The number of hydrogen-bond donors (Lipinski definition) is 1. The van der Waals surface area contributed by atoms with Gasteiger partial charge >= 0.3 is 5.97 Å². The minimum Gasteiger partial charge on any atom is -0.466 e. The Balaban J connectivity index is 2.04. The smallest absolute Gasteiger partial charge is 0.338 e. The van der Waals surface area contributed by atoms with Crippen molar-refractivity contribution in [3.05, 3.63) is 62.3 Å². The summed E-state index contributed by atoms with van der Waals surface area (Å²) < 4.78 is 9.99. The van der Waals surface area contributed by atoms with Crippen LogP contribution in [0.15, 0.2) is 51.6 Å². The number of nitro benzene ring substituents is 1. The molecular weight excluding hydrogens is 436 g/mol. The number of aliphatic imine (C=N–C) groups is 1. The molecule has 1 unspecified atom stereocenters. The highest BCUT2D eigenvalue weighted by molar-refractivity contribution is 8.16. The van der Waals surface area contributed by atoms with Crippen LogP contribution in [-0.4, -0.2) is 54.2 Å². The number of carbonyl (C=O) groups is 2. The van der Waals surface area contributed by atoms with E-state index in [-0.39, 0.29) is 18.0 Å². The van der Waals surface area contributed by atoms with Gasteiger partial charge in [-0.1, -0.05) is 30.8 Å². The van der Waals surface area contributed by atoms with Gasteiger partial charge in [-0.05, 0) is 17.4 Å². The lowest BCUT2D eigenvalue weighted by Crippen LogP contribution is -2.38. The first-order chi connectivity index (χ1) is 15.4. The van der Waals surface area contributed by atoms with Crippen LogP contribution in [0.25, 0.3) is 0 Å². The van der Waals surface area contributed by atoms with Crippen LogP contribution in [0, 0.1) is 10.1 Å². The number of ether oxygens (including phenoxy) is 2. The van der Waals surface area contributed by atoms with Crippen LogP contribution in [0.5, 0.6) is 0 Å². The summed E-state index contributed by atoms with van der Waals surface area (Å²) in [5, 5.41) is 16.6. The minimum absolute atomic E-state index is 0.0527. The summed E-state index contributed by atoms with van der Waals surface area (Å²) in [5.41, 5.74) is 1.92. The Morgan fingerprint density at radius 1 is 1.34 bits per heavy atom. The van der Waals surface area contributed by atoms with Gasteiger partial charge in [0.05, 0.1) is 42.4 Å². The zero-order valence-corrected chi connectivity index (χ0v) is 18.8. The van der Waals surface area contributed by atoms with Crippen molar-refractivity contribution in [2.75, 3.05) is 27.4 Å². The third kappa shape index (κ3) is 4.83. The first-order valence-electron chi connectivity index (χ1n) is 9.96. The van der Waals surface area contributed by atoms with Gasteiger partial charge in [-0.2, -0.15) is 0 Å². The fourth-order valence-corrected chi connectivity index (χ4v) is 4.49. The molecule has 10 nitrogen and oxygen atoms in total. The number of nitro groups is 1. The predicted molar refractivity (Wildman–Crippen MR) is 120 cm³/mol. The maximum Gasteiger partial charge on any atom is 0.338 e. The van der Waals surface area contributed by atoms with Crippen molar-refractivity contribution in [1.82, 2.24) is 10.2 Å². The second-order valence-electron chi connectivity index (χ2n) is 6.97. The average molecular weight is 461 g/mol. The Kier molecular flexibility index (Phi) is 7.65. The predicted octanol–water partition coefficient (Wildman–Crippen LogP) is 2.89. The van der Waals surface area contributed by atoms with E-state index in [2.05, 4.69) is 10.3 Å². The van der Waals surface area contributed by atoms with E-state index < -0.39 is 16.9 Å². The van der Waals surface area contributed by atoms with Crippen LogP contribution in [-0.2, 0) is 19.1 Å². The number of esters is 1. The number of rotatable bonds is 9. The summed E-state index contributed by atoms with van der Waals surface area (Å²) in [6, 6.07) is 5.41. The topological polar surface area (TPSA) is 123 Å². The molecule has 1 atom stereocenters. The molecular formula is C21H24N4O6S. The zero-order valence-electron chi connectivity index (χ0n) is 18.0. The third-order valence-corrected chi connectivity index (χ3v) is 5.88. The largest absolute Gasteiger partial charge is 0.466 e. The molecule has 170 valence electrons. The summed E-state index contributed by atoms with van der Waals surface area (Å²) in [7, 11) is 2.83. The zero-order chi connectivity index (χ0) is 23.3. The summed E-state index contributed by atoms with van der Waals surface area (Å²) in [4.78, 5) is 42.6. The highest BCUT2D eigenvalue weighted by Crippen LogP contribution is 2.45. The molecule has 1 aromatic carbocycles. The maximum atomic E-state index is 12.8. The molecule has 0 aromatic heterocycles. The van der Waals surface area contributed by atoms with Crippen molar-refractivity contribution in [3.8, 4) is 0 Å². The number of hydrogen-bond acceptors (Lipinski definition) is 9. The number of fused-ring (bicyclic) bond motifs is 1. The summed E-state index contributed by atoms with van der Waals surface area (Å²) in [6.45, 7) is 2.64. The fraction of sp³-hybridized carbons (Fsp3) is 0.381. The van der Waals surface area contributed by atoms with Gasteiger partial charge < -0.3 is 19.7 Å². The lowest BCUT2D eigenvalue weighted by molar-refractivity contribution is -0.384. The third-order valence-electron chi connectivity index (χ3n) is 5.00. The summed E-state index contributed by atoms with van der Waals surface area (Å²) >= 11 is 1.34. The van der Waals surface area contributed by atoms with Crippen molar-refractivity contribution in [1.29, 1.82) is 0 Å². The van der Waals surface area contributed by atoms with Gasteiger partial charge in [0.15, 0.2) is 5.17 Å². The van der Waals surface area contributed by atoms with Crippen LogP contribution >= 0.6 is 11.8 Å². The molecule has 0 radical (unpaired) electrons. The number of nitrogens with zero attached hydrogens (tertiary/aromatic N) is 3. The summed E-state index contributed by atoms with van der Waals surface area (Å²) in [5.74, 6) is -0.778. The Morgan fingerprint density at radius 2 is 2.12 bits per heavy atom. The molecule has 1 N–H and O–H groups in total. The van der Waals surface area contributed by atoms with Crippen LogP contribution in [0.4, 0.5) is 5.69 Å². The molecule has 32 heavy (non-hydrogen) atoms. The van der Waals surface area contributed by atoms with E-state index in [4.69, 9.17) is 9.47 Å². The fourth-order valence-electron chi connectivity index (χ4n) is 3.56. The van der Waals surface area contributed by atoms with E-state index in [9.17, 15) is 19.7 Å². The Hall–Kier alpha value is -3.18. The summed E-state index contributed by atoms with van der Waals surface area (Å²) in [6.07, 6.45) is 0.525. The molecule has 1 amide bonds. The average Bonchev–Trinajstić information content (AvgIpc) is 3.19. The second-order valence-corrected chi connectivity index (χ2v) is 7.81. The molecule has 0 spiro atoms. The highest BCUT2D eigenvalue weighted by Gasteiger charge is 2.41. The molecule has 0 fully saturated rings. The molecule has 1 aromatic rings. The lowest BCUT2D eigenvalue weighted by Gasteiger charge is -2.36. The van der Waals surface area contributed by atoms with E-state index in [1.165, 1.54) is 31.0 Å². The molecule has 2 aliphatic heterocycles. The molecule has 2 aliphatic rings. The van der Waals surface area contributed by atoms with Crippen molar-refractivity contribution in [3.63, 3.8) is 0 Å². The monoisotopic (exact) mass is 460 g/mol. The molecule has 0 bridgehead atoms. The van der Waals surface area contributed by atoms with E-state index in [0.29, 0.717) is 47.3 Å². The van der Waals surface area contributed by atoms with E-state index in [0.717, 1.165) is 0 Å². The maximum absolute atomic E-state index is 12.8. The van der Waals surface area contributed by atoms with Crippen molar-refractivity contribution in [2.24, 2.45) is 4.99 Å². The van der Waals surface area contributed by atoms with Crippen LogP contribution in [0.3, 0.4) is 0 Å². The van der Waals surface area contributed by atoms with Gasteiger partial charge in [0, 0.05) is 31.5 Å². The molecule has 0 saturated carbocycles. The van der Waals surface area contributed by atoms with Crippen LogP contribution < -0.4 is 5.32 Å². The van der Waals surface area contributed by atoms with Crippen molar-refractivity contribution < 1.29 is 24.0 Å². The van der Waals surface area contributed by atoms with E-state index in [1.807, 2.05) is 12.3 Å². The molecule has 0 saturated heterocycles. The molecule has 2 heterocycles. The number of nitrogens with one attached hydrogen (secondary N) is 1. The molecule has 0 aliphatic carbocycles. The van der Waals surface area contributed by atoms with Gasteiger partial charge in [-0.25, -0.2) is 9.79 Å². The Morgan fingerprint density at radius 3 is 2.78 bits per heavy atom. The molecule has 11 heteroatoms. The normalized spacial score (nSPS) is 17.5. The lowest BCUT2D eigenvalue weighted by atomic mass is 9.92. The van der Waals surface area contributed by atoms with E-state index in [1.54, 1.807) is 24.1 Å². The van der Waals surface area contributed by atoms with Gasteiger partial charge in [0.25, 0.3) is 5.69 Å². The van der Waals surface area contributed by atoms with Crippen molar-refractivity contribution in [2.45, 2.75) is 25.8 Å². The quantitative estimate of drug-likeness (QED) is 0.258. The van der Waals surface area contributed by atoms with Gasteiger partial charge in [-0.3, -0.25) is 14.9 Å². The van der Waals surface area contributed by atoms with Crippen molar-refractivity contribution >= 4 is 34.5 Å². The van der Waals surface area contributed by atoms with Gasteiger partial charge in [0.1, 0.15) is 0 Å². The van der Waals surface area contributed by atoms with Gasteiger partial charge in [-0.15, -0.1) is 0 Å². The number of benzene rings is 1. The first-order valence-corrected chi connectivity index (χ1v) is 10.8. The van der Waals surface area contributed by atoms with E-state index >= 15 is 0 Å². The van der Waals surface area contributed by atoms with Crippen LogP contribution in [0.1, 0.15) is 31.4 Å². The minimum atomic E-state index is -0.710. The number of amides is 1. The standard InChI is InChI=1S/C21H24N4O6S/c1-4-16-18(20(27)31-3)19(13-6-5-7-14(10-13)25(28)29)24-15(12-32-21(24)23-16)11-17(26)22-8-9-30-2/h5-7,10,12,19H,4,8-9,11H2,1-3H3,(H,22,26). The molecule has 3 rings (SSSR count). The van der Waals surface area contributed by atoms with Gasteiger partial charge in [0.2, 0.25) is 5.91 Å². The number of amidine groups is 1. The Bertz CT molecular complexity index is 1020. The number of allylic oxidation sites excluding steroid dienone is 1. The number of methoxy groups -OCH3 is 2. The highest BCUT2D eigenvalue weighted by atomic mass is 32.2. The first kappa shape index (κ1) is 23.5. The Labute approximate surface area is 189 Å².